The molecule has 0 amide bonds. The minimum atomic E-state index is -0.266. The van der Waals surface area contributed by atoms with Crippen LogP contribution < -0.4 is 10.1 Å². The lowest BCUT2D eigenvalue weighted by Gasteiger charge is -2.07. The van der Waals surface area contributed by atoms with Crippen molar-refractivity contribution in [3.05, 3.63) is 52.5 Å². The Bertz CT molecular complexity index is 459. The quantitative estimate of drug-likeness (QED) is 0.777. The van der Waals surface area contributed by atoms with Gasteiger partial charge >= 0.3 is 0 Å². The van der Waals surface area contributed by atoms with Crippen LogP contribution in [0.5, 0.6) is 5.75 Å². The predicted molar refractivity (Wildman–Crippen MR) is 72.8 cm³/mol. The van der Waals surface area contributed by atoms with Crippen LogP contribution >= 0.6 is 11.3 Å². The van der Waals surface area contributed by atoms with Gasteiger partial charge in [-0.1, -0.05) is 6.07 Å². The van der Waals surface area contributed by atoms with Gasteiger partial charge in [0.1, 0.15) is 18.2 Å². The van der Waals surface area contributed by atoms with E-state index in [1.54, 1.807) is 23.5 Å². The number of nitrogens with one attached hydrogen (secondary N) is 1. The Balaban J connectivity index is 1.56. The van der Waals surface area contributed by atoms with Crippen LogP contribution in [-0.4, -0.2) is 19.7 Å². The molecule has 0 radical (unpaired) electrons. The third kappa shape index (κ3) is 4.47. The molecule has 0 saturated carbocycles. The van der Waals surface area contributed by atoms with Crippen LogP contribution in [0, 0.1) is 5.82 Å². The highest BCUT2D eigenvalue weighted by molar-refractivity contribution is 7.07. The molecular weight excluding hydrogens is 249 g/mol. The predicted octanol–water partition coefficient (Wildman–Crippen LogP) is 3.10. The lowest BCUT2D eigenvalue weighted by atomic mass is 10.2. The number of halogens is 1. The van der Waals surface area contributed by atoms with Crippen LogP contribution in [0.1, 0.15) is 5.56 Å². The van der Waals surface area contributed by atoms with Crippen molar-refractivity contribution >= 4 is 11.3 Å². The maximum Gasteiger partial charge on any atom is 0.126 e. The van der Waals surface area contributed by atoms with E-state index in [9.17, 15) is 4.39 Å². The van der Waals surface area contributed by atoms with Gasteiger partial charge in [0.2, 0.25) is 0 Å². The second kappa shape index (κ2) is 7.13. The first-order valence-corrected chi connectivity index (χ1v) is 6.89. The molecule has 0 aliphatic heterocycles. The van der Waals surface area contributed by atoms with Crippen LogP contribution in [0.3, 0.4) is 0 Å². The summed E-state index contributed by atoms with van der Waals surface area (Å²) >= 11 is 1.72. The van der Waals surface area contributed by atoms with E-state index in [0.29, 0.717) is 12.4 Å². The van der Waals surface area contributed by atoms with Crippen LogP contribution in [0.2, 0.25) is 0 Å². The topological polar surface area (TPSA) is 21.3 Å². The van der Waals surface area contributed by atoms with Crippen LogP contribution in [0.4, 0.5) is 4.39 Å². The molecule has 4 heteroatoms. The first-order valence-electron chi connectivity index (χ1n) is 5.95. The molecule has 0 fully saturated rings. The van der Waals surface area contributed by atoms with Gasteiger partial charge in [-0.2, -0.15) is 11.3 Å². The summed E-state index contributed by atoms with van der Waals surface area (Å²) in [5, 5.41) is 7.54. The van der Waals surface area contributed by atoms with Gasteiger partial charge in [-0.15, -0.1) is 0 Å². The zero-order valence-electron chi connectivity index (χ0n) is 10.1. The van der Waals surface area contributed by atoms with E-state index in [1.807, 2.05) is 0 Å². The summed E-state index contributed by atoms with van der Waals surface area (Å²) in [4.78, 5) is 0. The van der Waals surface area contributed by atoms with Crippen LogP contribution in [0.15, 0.2) is 41.1 Å². The van der Waals surface area contributed by atoms with Crippen molar-refractivity contribution in [3.63, 3.8) is 0 Å². The summed E-state index contributed by atoms with van der Waals surface area (Å²) in [6.07, 6.45) is 1.03. The molecule has 1 aromatic carbocycles. The minimum absolute atomic E-state index is 0.266. The van der Waals surface area contributed by atoms with Gasteiger partial charge in [-0.3, -0.25) is 0 Å². The second-order valence-electron chi connectivity index (χ2n) is 3.94. The maximum absolute atomic E-state index is 12.9. The second-order valence-corrected chi connectivity index (χ2v) is 4.72. The molecule has 2 rings (SSSR count). The number of hydrogen-bond acceptors (Lipinski definition) is 3. The number of hydrogen-bond donors (Lipinski definition) is 1. The van der Waals surface area contributed by atoms with Gasteiger partial charge in [0.05, 0.1) is 0 Å². The third-order valence-electron chi connectivity index (χ3n) is 2.51. The number of rotatable bonds is 7. The molecule has 96 valence electrons. The van der Waals surface area contributed by atoms with Crippen molar-refractivity contribution in [2.45, 2.75) is 6.42 Å². The molecule has 0 unspecified atom stereocenters. The normalized spacial score (nSPS) is 10.5. The fraction of sp³-hybridized carbons (Fsp3) is 0.286. The van der Waals surface area contributed by atoms with Crippen molar-refractivity contribution in [2.75, 3.05) is 19.7 Å². The molecule has 1 aromatic heterocycles. The molecule has 0 bridgehead atoms. The Hall–Kier alpha value is -1.39. The fourth-order valence-electron chi connectivity index (χ4n) is 1.59. The van der Waals surface area contributed by atoms with E-state index in [2.05, 4.69) is 22.1 Å². The Morgan fingerprint density at radius 2 is 2.17 bits per heavy atom. The molecule has 18 heavy (non-hydrogen) atoms. The Morgan fingerprint density at radius 3 is 2.94 bits per heavy atom. The van der Waals surface area contributed by atoms with Crippen LogP contribution in [0.25, 0.3) is 0 Å². The third-order valence-corrected chi connectivity index (χ3v) is 3.25. The maximum atomic E-state index is 12.9. The Kier molecular flexibility index (Phi) is 5.17. The number of ether oxygens (including phenoxy) is 1. The van der Waals surface area contributed by atoms with Gasteiger partial charge in [-0.05, 0) is 47.5 Å². The Morgan fingerprint density at radius 1 is 1.22 bits per heavy atom. The van der Waals surface area contributed by atoms with Gasteiger partial charge in [0.25, 0.3) is 0 Å². The molecule has 2 nitrogen and oxygen atoms in total. The molecule has 1 heterocycles. The summed E-state index contributed by atoms with van der Waals surface area (Å²) < 4.78 is 18.3. The molecule has 0 aliphatic rings. The van der Waals surface area contributed by atoms with Gasteiger partial charge in [0, 0.05) is 12.6 Å². The average molecular weight is 265 g/mol. The van der Waals surface area contributed by atoms with Gasteiger partial charge < -0.3 is 10.1 Å². The number of benzene rings is 1. The highest BCUT2D eigenvalue weighted by Crippen LogP contribution is 2.11. The first-order chi connectivity index (χ1) is 8.84. The Labute approximate surface area is 110 Å². The van der Waals surface area contributed by atoms with E-state index >= 15 is 0 Å². The van der Waals surface area contributed by atoms with Crippen molar-refractivity contribution < 1.29 is 9.13 Å². The summed E-state index contributed by atoms with van der Waals surface area (Å²) in [6.45, 7) is 2.25. The summed E-state index contributed by atoms with van der Waals surface area (Å²) in [6, 6.07) is 8.34. The van der Waals surface area contributed by atoms with Crippen molar-refractivity contribution in [1.82, 2.24) is 5.32 Å². The van der Waals surface area contributed by atoms with E-state index in [4.69, 9.17) is 4.74 Å². The van der Waals surface area contributed by atoms with Crippen molar-refractivity contribution in [1.29, 1.82) is 0 Å². The summed E-state index contributed by atoms with van der Waals surface area (Å²) in [7, 11) is 0. The molecule has 1 N–H and O–H groups in total. The standard InChI is InChI=1S/C14H16FNOS/c15-13-2-1-3-14(10-13)17-8-7-16-6-4-12-5-9-18-11-12/h1-3,5,9-11,16H,4,6-8H2. The van der Waals surface area contributed by atoms with Gasteiger partial charge in [0.15, 0.2) is 0 Å². The van der Waals surface area contributed by atoms with Gasteiger partial charge in [-0.25, -0.2) is 4.39 Å². The molecular formula is C14H16FNOS. The summed E-state index contributed by atoms with van der Waals surface area (Å²) in [5.74, 6) is 0.313. The lowest BCUT2D eigenvalue weighted by molar-refractivity contribution is 0.313. The van der Waals surface area contributed by atoms with E-state index in [0.717, 1.165) is 19.5 Å². The zero-order chi connectivity index (χ0) is 12.6. The SMILES string of the molecule is Fc1cccc(OCCNCCc2ccsc2)c1. The molecule has 0 atom stereocenters. The monoisotopic (exact) mass is 265 g/mol. The molecule has 0 aliphatic carbocycles. The van der Waals surface area contributed by atoms with Crippen LogP contribution in [-0.2, 0) is 6.42 Å². The summed E-state index contributed by atoms with van der Waals surface area (Å²) in [5.41, 5.74) is 1.36. The minimum Gasteiger partial charge on any atom is -0.492 e. The molecule has 0 spiro atoms. The average Bonchev–Trinajstić information content (AvgIpc) is 2.87. The largest absolute Gasteiger partial charge is 0.492 e. The highest BCUT2D eigenvalue weighted by atomic mass is 32.1. The smallest absolute Gasteiger partial charge is 0.126 e. The number of thiophene rings is 1. The van der Waals surface area contributed by atoms with E-state index in [1.165, 1.54) is 17.7 Å². The highest BCUT2D eigenvalue weighted by Gasteiger charge is 1.96. The zero-order valence-corrected chi connectivity index (χ0v) is 10.9. The lowest BCUT2D eigenvalue weighted by Crippen LogP contribution is -2.23. The van der Waals surface area contributed by atoms with E-state index in [-0.39, 0.29) is 5.82 Å². The van der Waals surface area contributed by atoms with E-state index < -0.39 is 0 Å². The van der Waals surface area contributed by atoms with Crippen molar-refractivity contribution in [3.8, 4) is 5.75 Å². The first kappa shape index (κ1) is 13.1. The fourth-order valence-corrected chi connectivity index (χ4v) is 2.29. The van der Waals surface area contributed by atoms with Crippen molar-refractivity contribution in [2.24, 2.45) is 0 Å². The molecule has 2 aromatic rings. The molecule has 0 saturated heterocycles.